The van der Waals surface area contributed by atoms with Gasteiger partial charge in [-0.1, -0.05) is 48.0 Å². The number of pyridine rings is 1. The smallest absolute Gasteiger partial charge is 0.274 e. The molecule has 1 aromatic heterocycles. The molecule has 2 N–H and O–H groups in total. The first kappa shape index (κ1) is 18.6. The Morgan fingerprint density at radius 2 is 1.78 bits per heavy atom. The van der Waals surface area contributed by atoms with Crippen LogP contribution in [0, 0.1) is 6.92 Å². The van der Waals surface area contributed by atoms with E-state index in [4.69, 9.17) is 11.6 Å². The zero-order valence-electron chi connectivity index (χ0n) is 14.7. The number of rotatable bonds is 5. The van der Waals surface area contributed by atoms with E-state index in [2.05, 4.69) is 15.6 Å². The van der Waals surface area contributed by atoms with Gasteiger partial charge >= 0.3 is 0 Å². The van der Waals surface area contributed by atoms with Gasteiger partial charge in [-0.25, -0.2) is 0 Å². The largest absolute Gasteiger partial charge is 0.348 e. The number of nitrogens with one attached hydrogen (secondary N) is 2. The van der Waals surface area contributed by atoms with E-state index in [0.29, 0.717) is 22.8 Å². The summed E-state index contributed by atoms with van der Waals surface area (Å²) in [5.74, 6) is -0.679. The number of aryl methyl sites for hydroxylation is 1. The zero-order valence-corrected chi connectivity index (χ0v) is 15.5. The molecule has 3 aromatic rings. The van der Waals surface area contributed by atoms with E-state index in [1.165, 1.54) is 12.3 Å². The molecule has 0 aliphatic heterocycles. The third-order valence-electron chi connectivity index (χ3n) is 3.98. The molecule has 0 bridgehead atoms. The summed E-state index contributed by atoms with van der Waals surface area (Å²) in [6.07, 6.45) is 1.44. The highest BCUT2D eigenvalue weighted by molar-refractivity contribution is 6.31. The van der Waals surface area contributed by atoms with E-state index < -0.39 is 5.91 Å². The summed E-state index contributed by atoms with van der Waals surface area (Å²) in [7, 11) is 0. The molecule has 0 aliphatic rings. The maximum Gasteiger partial charge on any atom is 0.274 e. The molecule has 27 heavy (non-hydrogen) atoms. The van der Waals surface area contributed by atoms with Gasteiger partial charge in [-0.2, -0.15) is 0 Å². The van der Waals surface area contributed by atoms with E-state index in [1.807, 2.05) is 43.3 Å². The third kappa shape index (κ3) is 4.92. The van der Waals surface area contributed by atoms with Gasteiger partial charge < -0.3 is 10.6 Å². The first-order valence-corrected chi connectivity index (χ1v) is 8.76. The van der Waals surface area contributed by atoms with Crippen LogP contribution in [0.15, 0.2) is 66.9 Å². The van der Waals surface area contributed by atoms with Crippen molar-refractivity contribution in [2.24, 2.45) is 0 Å². The number of aromatic nitrogens is 1. The Morgan fingerprint density at radius 3 is 2.52 bits per heavy atom. The Hall–Kier alpha value is -3.18. The van der Waals surface area contributed by atoms with Crippen LogP contribution in [0.25, 0.3) is 0 Å². The molecule has 0 saturated heterocycles. The fourth-order valence-electron chi connectivity index (χ4n) is 2.44. The van der Waals surface area contributed by atoms with Crippen molar-refractivity contribution in [2.75, 3.05) is 5.32 Å². The SMILES string of the molecule is Cc1ccc(NC(=O)c2cc(C(=O)NCc3ccccc3)ccn2)cc1Cl. The predicted octanol–water partition coefficient (Wildman–Crippen LogP) is 4.23. The molecule has 5 nitrogen and oxygen atoms in total. The van der Waals surface area contributed by atoms with Gasteiger partial charge in [-0.05, 0) is 42.3 Å². The fourth-order valence-corrected chi connectivity index (χ4v) is 2.62. The molecular formula is C21H18ClN3O2. The second-order valence-electron chi connectivity index (χ2n) is 6.02. The van der Waals surface area contributed by atoms with Gasteiger partial charge in [0.2, 0.25) is 0 Å². The molecule has 0 aliphatic carbocycles. The van der Waals surface area contributed by atoms with Crippen LogP contribution in [0.4, 0.5) is 5.69 Å². The van der Waals surface area contributed by atoms with Crippen molar-refractivity contribution in [3.05, 3.63) is 94.3 Å². The number of benzene rings is 2. The fraction of sp³-hybridized carbons (Fsp3) is 0.0952. The Balaban J connectivity index is 1.67. The van der Waals surface area contributed by atoms with Crippen molar-refractivity contribution in [3.63, 3.8) is 0 Å². The summed E-state index contributed by atoms with van der Waals surface area (Å²) in [4.78, 5) is 28.8. The summed E-state index contributed by atoms with van der Waals surface area (Å²) >= 11 is 6.08. The lowest BCUT2D eigenvalue weighted by Crippen LogP contribution is -2.23. The van der Waals surface area contributed by atoms with Gasteiger partial charge in [-0.15, -0.1) is 0 Å². The van der Waals surface area contributed by atoms with Gasteiger partial charge in [0.05, 0.1) is 0 Å². The highest BCUT2D eigenvalue weighted by Crippen LogP contribution is 2.20. The van der Waals surface area contributed by atoms with Crippen molar-refractivity contribution >= 4 is 29.1 Å². The van der Waals surface area contributed by atoms with Crippen LogP contribution < -0.4 is 10.6 Å². The molecule has 3 rings (SSSR count). The van der Waals surface area contributed by atoms with Crippen LogP contribution in [0.1, 0.15) is 32.0 Å². The monoisotopic (exact) mass is 379 g/mol. The zero-order chi connectivity index (χ0) is 19.2. The van der Waals surface area contributed by atoms with Crippen LogP contribution in [0.3, 0.4) is 0 Å². The van der Waals surface area contributed by atoms with Crippen LogP contribution >= 0.6 is 11.6 Å². The topological polar surface area (TPSA) is 71.1 Å². The van der Waals surface area contributed by atoms with Crippen LogP contribution in [0.2, 0.25) is 5.02 Å². The molecule has 0 fully saturated rings. The van der Waals surface area contributed by atoms with Crippen molar-refractivity contribution in [1.82, 2.24) is 10.3 Å². The van der Waals surface area contributed by atoms with Gasteiger partial charge in [0, 0.05) is 29.0 Å². The Morgan fingerprint density at radius 1 is 1.00 bits per heavy atom. The molecular weight excluding hydrogens is 362 g/mol. The molecule has 136 valence electrons. The molecule has 2 aromatic carbocycles. The summed E-state index contributed by atoms with van der Waals surface area (Å²) < 4.78 is 0. The average Bonchev–Trinajstić information content (AvgIpc) is 2.70. The lowest BCUT2D eigenvalue weighted by Gasteiger charge is -2.08. The number of hydrogen-bond donors (Lipinski definition) is 2. The maximum absolute atomic E-state index is 12.4. The summed E-state index contributed by atoms with van der Waals surface area (Å²) in [6.45, 7) is 2.29. The predicted molar refractivity (Wildman–Crippen MR) is 106 cm³/mol. The molecule has 1 heterocycles. The first-order valence-electron chi connectivity index (χ1n) is 8.38. The van der Waals surface area contributed by atoms with Crippen molar-refractivity contribution in [3.8, 4) is 0 Å². The van der Waals surface area contributed by atoms with Crippen LogP contribution in [-0.2, 0) is 6.54 Å². The minimum absolute atomic E-state index is 0.152. The third-order valence-corrected chi connectivity index (χ3v) is 4.39. The van der Waals surface area contributed by atoms with Gasteiger partial charge in [0.1, 0.15) is 5.69 Å². The standard InChI is InChI=1S/C21H18ClN3O2/c1-14-7-8-17(12-18(14)22)25-21(27)19-11-16(9-10-23-19)20(26)24-13-15-5-3-2-4-6-15/h2-12H,13H2,1H3,(H,24,26)(H,25,27). The molecule has 6 heteroatoms. The molecule has 0 radical (unpaired) electrons. The van der Waals surface area contributed by atoms with Crippen LogP contribution in [-0.4, -0.2) is 16.8 Å². The van der Waals surface area contributed by atoms with E-state index in [-0.39, 0.29) is 11.6 Å². The van der Waals surface area contributed by atoms with E-state index >= 15 is 0 Å². The van der Waals surface area contributed by atoms with Crippen molar-refractivity contribution in [2.45, 2.75) is 13.5 Å². The molecule has 0 spiro atoms. The highest BCUT2D eigenvalue weighted by Gasteiger charge is 2.12. The summed E-state index contributed by atoms with van der Waals surface area (Å²) in [5.41, 5.74) is 3.00. The second-order valence-corrected chi connectivity index (χ2v) is 6.42. The summed E-state index contributed by atoms with van der Waals surface area (Å²) in [5, 5.41) is 6.13. The lowest BCUT2D eigenvalue weighted by molar-refractivity contribution is 0.0951. The number of carbonyl (C=O) groups excluding carboxylic acids is 2. The highest BCUT2D eigenvalue weighted by atomic mass is 35.5. The Kier molecular flexibility index (Phi) is 5.84. The molecule has 0 unspecified atom stereocenters. The van der Waals surface area contributed by atoms with E-state index in [9.17, 15) is 9.59 Å². The molecule has 2 amide bonds. The van der Waals surface area contributed by atoms with E-state index in [0.717, 1.165) is 11.1 Å². The number of nitrogens with zero attached hydrogens (tertiary/aromatic N) is 1. The minimum Gasteiger partial charge on any atom is -0.348 e. The number of carbonyl (C=O) groups is 2. The van der Waals surface area contributed by atoms with Crippen molar-refractivity contribution < 1.29 is 9.59 Å². The second kappa shape index (κ2) is 8.47. The van der Waals surface area contributed by atoms with Gasteiger partial charge in [-0.3, -0.25) is 14.6 Å². The van der Waals surface area contributed by atoms with Gasteiger partial charge in [0.25, 0.3) is 11.8 Å². The van der Waals surface area contributed by atoms with Crippen LogP contribution in [0.5, 0.6) is 0 Å². The molecule has 0 atom stereocenters. The summed E-state index contributed by atoms with van der Waals surface area (Å²) in [6, 6.07) is 17.9. The van der Waals surface area contributed by atoms with Gasteiger partial charge in [0.15, 0.2) is 0 Å². The lowest BCUT2D eigenvalue weighted by atomic mass is 10.2. The maximum atomic E-state index is 12.4. The number of amides is 2. The van der Waals surface area contributed by atoms with E-state index in [1.54, 1.807) is 18.2 Å². The average molecular weight is 380 g/mol. The molecule has 0 saturated carbocycles. The minimum atomic E-state index is -0.410. The number of halogens is 1. The Bertz CT molecular complexity index is 974. The number of anilines is 1. The normalized spacial score (nSPS) is 10.3. The first-order chi connectivity index (χ1) is 13.0. The quantitative estimate of drug-likeness (QED) is 0.697. The Labute approximate surface area is 162 Å². The van der Waals surface area contributed by atoms with Crippen molar-refractivity contribution in [1.29, 1.82) is 0 Å². The number of hydrogen-bond acceptors (Lipinski definition) is 3.